The maximum absolute atomic E-state index is 5.66. The second-order valence-electron chi connectivity index (χ2n) is 3.97. The Kier molecular flexibility index (Phi) is 4.40. The summed E-state index contributed by atoms with van der Waals surface area (Å²) in [6, 6.07) is 2.47. The van der Waals surface area contributed by atoms with Gasteiger partial charge in [0, 0.05) is 6.04 Å². The van der Waals surface area contributed by atoms with Gasteiger partial charge in [0.2, 0.25) is 0 Å². The molecular weight excluding hydrogens is 186 g/mol. The molecule has 0 aliphatic heterocycles. The number of hydrogen-bond acceptors (Lipinski definition) is 3. The lowest BCUT2D eigenvalue weighted by molar-refractivity contribution is 0.620. The highest BCUT2D eigenvalue weighted by atomic mass is 15.0. The van der Waals surface area contributed by atoms with Crippen LogP contribution in [0, 0.1) is 6.92 Å². The third-order valence-corrected chi connectivity index (χ3v) is 2.57. The van der Waals surface area contributed by atoms with Gasteiger partial charge >= 0.3 is 0 Å². The van der Waals surface area contributed by atoms with Gasteiger partial charge in [-0.05, 0) is 31.4 Å². The van der Waals surface area contributed by atoms with Crippen LogP contribution in [0.2, 0.25) is 0 Å². The molecule has 0 spiro atoms. The molecule has 0 aliphatic carbocycles. The predicted molar refractivity (Wildman–Crippen MR) is 66.0 cm³/mol. The second-order valence-corrected chi connectivity index (χ2v) is 3.97. The average molecular weight is 207 g/mol. The van der Waals surface area contributed by atoms with E-state index in [9.17, 15) is 0 Å². The van der Waals surface area contributed by atoms with Crippen molar-refractivity contribution in [2.75, 3.05) is 11.1 Å². The number of pyridine rings is 1. The number of hydrogen-bond donors (Lipinski definition) is 2. The maximum atomic E-state index is 5.66. The lowest BCUT2D eigenvalue weighted by Crippen LogP contribution is -2.19. The normalized spacial score (nSPS) is 12.5. The van der Waals surface area contributed by atoms with Gasteiger partial charge in [-0.25, -0.2) is 4.98 Å². The first kappa shape index (κ1) is 11.8. The zero-order chi connectivity index (χ0) is 11.3. The zero-order valence-corrected chi connectivity index (χ0v) is 9.88. The molecule has 3 nitrogen and oxygen atoms in total. The first-order valence-corrected chi connectivity index (χ1v) is 5.66. The number of rotatable bonds is 5. The van der Waals surface area contributed by atoms with Gasteiger partial charge in [0.05, 0.1) is 11.9 Å². The molecule has 1 heterocycles. The number of nitrogens with two attached hydrogens (primary N) is 1. The topological polar surface area (TPSA) is 50.9 Å². The Hall–Kier alpha value is -1.25. The molecular formula is C12H21N3. The number of aryl methyl sites for hydroxylation is 1. The van der Waals surface area contributed by atoms with Gasteiger partial charge in [-0.15, -0.1) is 0 Å². The Morgan fingerprint density at radius 3 is 2.73 bits per heavy atom. The first-order chi connectivity index (χ1) is 7.17. The molecule has 3 heteroatoms. The molecule has 15 heavy (non-hydrogen) atoms. The number of nitrogens with one attached hydrogen (secondary N) is 1. The summed E-state index contributed by atoms with van der Waals surface area (Å²) in [6.07, 6.45) is 5.20. The van der Waals surface area contributed by atoms with Crippen LogP contribution in [0.25, 0.3) is 0 Å². The van der Waals surface area contributed by atoms with Gasteiger partial charge in [-0.1, -0.05) is 20.3 Å². The summed E-state index contributed by atoms with van der Waals surface area (Å²) in [5.41, 5.74) is 7.50. The quantitative estimate of drug-likeness (QED) is 0.780. The van der Waals surface area contributed by atoms with Gasteiger partial charge in [0.25, 0.3) is 0 Å². The summed E-state index contributed by atoms with van der Waals surface area (Å²) in [6.45, 7) is 6.43. The van der Waals surface area contributed by atoms with Gasteiger partial charge in [-0.2, -0.15) is 0 Å². The van der Waals surface area contributed by atoms with Gasteiger partial charge in [-0.3, -0.25) is 0 Å². The van der Waals surface area contributed by atoms with Crippen LogP contribution in [0.1, 0.15) is 38.7 Å². The van der Waals surface area contributed by atoms with E-state index >= 15 is 0 Å². The van der Waals surface area contributed by atoms with Crippen molar-refractivity contribution in [2.24, 2.45) is 0 Å². The minimum atomic E-state index is 0.518. The summed E-state index contributed by atoms with van der Waals surface area (Å²) in [7, 11) is 0. The molecule has 1 unspecified atom stereocenters. The monoisotopic (exact) mass is 207 g/mol. The fourth-order valence-corrected chi connectivity index (χ4v) is 1.67. The molecule has 0 radical (unpaired) electrons. The van der Waals surface area contributed by atoms with Crippen molar-refractivity contribution in [3.05, 3.63) is 17.8 Å². The highest BCUT2D eigenvalue weighted by molar-refractivity contribution is 5.51. The molecule has 3 N–H and O–H groups in total. The first-order valence-electron chi connectivity index (χ1n) is 5.66. The van der Waals surface area contributed by atoms with Crippen LogP contribution in [0.3, 0.4) is 0 Å². The Bertz CT molecular complexity index is 310. The lowest BCUT2D eigenvalue weighted by Gasteiger charge is -2.18. The van der Waals surface area contributed by atoms with E-state index in [1.807, 2.05) is 13.0 Å². The van der Waals surface area contributed by atoms with Crippen molar-refractivity contribution in [1.82, 2.24) is 4.98 Å². The number of nitrogen functional groups attached to an aromatic ring is 1. The number of anilines is 2. The minimum absolute atomic E-state index is 0.518. The summed E-state index contributed by atoms with van der Waals surface area (Å²) < 4.78 is 0. The van der Waals surface area contributed by atoms with Crippen molar-refractivity contribution in [3.8, 4) is 0 Å². The Balaban J connectivity index is 2.70. The van der Waals surface area contributed by atoms with Crippen molar-refractivity contribution in [3.63, 3.8) is 0 Å². The fraction of sp³-hybridized carbons (Fsp3) is 0.583. The van der Waals surface area contributed by atoms with Gasteiger partial charge in [0.15, 0.2) is 0 Å². The standard InChI is InChI=1S/C12H21N3/c1-4-6-11(5-2)15-12-9(3)7-10(13)8-14-12/h7-8,11H,4-6,13H2,1-3H3,(H,14,15). The van der Waals surface area contributed by atoms with Crippen LogP contribution in [-0.2, 0) is 0 Å². The maximum Gasteiger partial charge on any atom is 0.129 e. The van der Waals surface area contributed by atoms with E-state index in [4.69, 9.17) is 5.73 Å². The van der Waals surface area contributed by atoms with Crippen molar-refractivity contribution >= 4 is 11.5 Å². The third-order valence-electron chi connectivity index (χ3n) is 2.57. The van der Waals surface area contributed by atoms with Crippen LogP contribution >= 0.6 is 0 Å². The molecule has 0 aromatic carbocycles. The Labute approximate surface area is 92.1 Å². The SMILES string of the molecule is CCCC(CC)Nc1ncc(N)cc1C. The molecule has 0 amide bonds. The molecule has 1 aromatic heterocycles. The van der Waals surface area contributed by atoms with E-state index in [-0.39, 0.29) is 0 Å². The number of aromatic nitrogens is 1. The van der Waals surface area contributed by atoms with Gasteiger partial charge in [0.1, 0.15) is 5.82 Å². The molecule has 1 rings (SSSR count). The Morgan fingerprint density at radius 2 is 2.20 bits per heavy atom. The summed E-state index contributed by atoms with van der Waals surface area (Å²) in [5.74, 6) is 0.963. The minimum Gasteiger partial charge on any atom is -0.397 e. The fourth-order valence-electron chi connectivity index (χ4n) is 1.67. The van der Waals surface area contributed by atoms with Crippen LogP contribution in [0.5, 0.6) is 0 Å². The lowest BCUT2D eigenvalue weighted by atomic mass is 10.1. The smallest absolute Gasteiger partial charge is 0.129 e. The van der Waals surface area contributed by atoms with Crippen LogP contribution < -0.4 is 11.1 Å². The van der Waals surface area contributed by atoms with Gasteiger partial charge < -0.3 is 11.1 Å². The molecule has 0 bridgehead atoms. The van der Waals surface area contributed by atoms with Crippen molar-refractivity contribution in [2.45, 2.75) is 46.1 Å². The molecule has 84 valence electrons. The van der Waals surface area contributed by atoms with E-state index in [0.29, 0.717) is 6.04 Å². The molecule has 0 saturated heterocycles. The second kappa shape index (κ2) is 5.59. The summed E-state index contributed by atoms with van der Waals surface area (Å²) in [5, 5.41) is 3.46. The van der Waals surface area contributed by atoms with E-state index in [2.05, 4.69) is 24.1 Å². The third kappa shape index (κ3) is 3.42. The molecule has 0 saturated carbocycles. The molecule has 0 fully saturated rings. The van der Waals surface area contributed by atoms with E-state index in [1.54, 1.807) is 6.20 Å². The summed E-state index contributed by atoms with van der Waals surface area (Å²) >= 11 is 0. The molecule has 1 atom stereocenters. The zero-order valence-electron chi connectivity index (χ0n) is 9.88. The van der Waals surface area contributed by atoms with E-state index < -0.39 is 0 Å². The van der Waals surface area contributed by atoms with Crippen LogP contribution in [0.4, 0.5) is 11.5 Å². The average Bonchev–Trinajstić information content (AvgIpc) is 2.21. The van der Waals surface area contributed by atoms with E-state index in [1.165, 1.54) is 12.8 Å². The van der Waals surface area contributed by atoms with Crippen LogP contribution in [0.15, 0.2) is 12.3 Å². The molecule has 1 aromatic rings. The Morgan fingerprint density at radius 1 is 1.47 bits per heavy atom. The van der Waals surface area contributed by atoms with Crippen molar-refractivity contribution in [1.29, 1.82) is 0 Å². The largest absolute Gasteiger partial charge is 0.397 e. The van der Waals surface area contributed by atoms with Crippen molar-refractivity contribution < 1.29 is 0 Å². The predicted octanol–water partition coefficient (Wildman–Crippen LogP) is 2.96. The molecule has 0 aliphatic rings. The highest BCUT2D eigenvalue weighted by Crippen LogP contribution is 2.17. The number of nitrogens with zero attached hydrogens (tertiary/aromatic N) is 1. The highest BCUT2D eigenvalue weighted by Gasteiger charge is 2.07. The summed E-state index contributed by atoms with van der Waals surface area (Å²) in [4.78, 5) is 4.31. The van der Waals surface area contributed by atoms with Crippen LogP contribution in [-0.4, -0.2) is 11.0 Å². The van der Waals surface area contributed by atoms with E-state index in [0.717, 1.165) is 23.5 Å².